The summed E-state index contributed by atoms with van der Waals surface area (Å²) in [5.74, 6) is 0.439. The van der Waals surface area contributed by atoms with E-state index < -0.39 is 12.1 Å². The fraction of sp³-hybridized carbons (Fsp3) is 0.737. The number of carbonyl (C=O) groups excluding carboxylic acids is 3. The van der Waals surface area contributed by atoms with E-state index in [9.17, 15) is 18.8 Å². The Bertz CT molecular complexity index is 635. The van der Waals surface area contributed by atoms with Gasteiger partial charge in [-0.2, -0.15) is 0 Å². The molecule has 4 aliphatic rings. The van der Waals surface area contributed by atoms with Gasteiger partial charge in [0.15, 0.2) is 6.61 Å². The highest BCUT2D eigenvalue weighted by molar-refractivity contribution is 5.89. The number of amides is 1. The van der Waals surface area contributed by atoms with E-state index in [0.29, 0.717) is 24.2 Å². The summed E-state index contributed by atoms with van der Waals surface area (Å²) < 4.78 is 19.0. The predicted molar refractivity (Wildman–Crippen MR) is 86.9 cm³/mol. The number of halogens is 1. The van der Waals surface area contributed by atoms with Crippen molar-refractivity contribution in [3.63, 3.8) is 0 Å². The van der Waals surface area contributed by atoms with Gasteiger partial charge in [0.05, 0.1) is 0 Å². The summed E-state index contributed by atoms with van der Waals surface area (Å²) in [4.78, 5) is 35.3. The van der Waals surface area contributed by atoms with E-state index in [-0.39, 0.29) is 47.8 Å². The molecule has 136 valence electrons. The lowest BCUT2D eigenvalue weighted by atomic mass is 9.65. The number of esters is 1. The molecule has 0 aliphatic heterocycles. The van der Waals surface area contributed by atoms with Crippen LogP contribution in [-0.4, -0.2) is 37.0 Å². The molecule has 4 rings (SSSR count). The maximum Gasteiger partial charge on any atom is 0.333 e. The number of carbonyl (C=O) groups is 3. The average Bonchev–Trinajstić information content (AvgIpc) is 3.29. The highest BCUT2D eigenvalue weighted by Gasteiger charge is 2.68. The first kappa shape index (κ1) is 16.7. The SMILES string of the molecule is C=C(C)C(=O)OCC(=O)NC1C(C=O)C2CC1C1C3CC(F)C(C3)C21. The molecule has 9 unspecified atom stereocenters. The average molecular weight is 349 g/mol. The molecule has 4 saturated carbocycles. The highest BCUT2D eigenvalue weighted by atomic mass is 19.1. The van der Waals surface area contributed by atoms with Crippen LogP contribution in [0.15, 0.2) is 12.2 Å². The molecule has 0 aromatic rings. The molecule has 0 saturated heterocycles. The molecule has 4 bridgehead atoms. The minimum atomic E-state index is -0.715. The second kappa shape index (κ2) is 5.92. The number of nitrogens with one attached hydrogen (secondary N) is 1. The summed E-state index contributed by atoms with van der Waals surface area (Å²) >= 11 is 0. The van der Waals surface area contributed by atoms with Gasteiger partial charge in [-0.25, -0.2) is 9.18 Å². The molecule has 0 heterocycles. The standard InChI is InChI=1S/C19H24FNO4/c1-8(2)19(24)25-7-15(23)21-18-12-5-10(13(18)6-22)17-11-3-9(16(12)17)4-14(11)20/h6,9-14,16-18H,1,3-5,7H2,2H3,(H,21,23). The van der Waals surface area contributed by atoms with Crippen molar-refractivity contribution >= 4 is 18.2 Å². The van der Waals surface area contributed by atoms with Crippen LogP contribution in [0.3, 0.4) is 0 Å². The molecule has 0 aromatic carbocycles. The van der Waals surface area contributed by atoms with Crippen molar-refractivity contribution in [2.24, 2.45) is 41.4 Å². The van der Waals surface area contributed by atoms with Crippen LogP contribution in [0, 0.1) is 41.4 Å². The normalized spacial score (nSPS) is 45.9. The Balaban J connectivity index is 1.43. The van der Waals surface area contributed by atoms with Crippen LogP contribution in [-0.2, 0) is 19.1 Å². The Morgan fingerprint density at radius 2 is 1.96 bits per heavy atom. The molecule has 6 heteroatoms. The number of hydrogen-bond donors (Lipinski definition) is 1. The van der Waals surface area contributed by atoms with Crippen LogP contribution in [0.2, 0.25) is 0 Å². The Kier molecular flexibility index (Phi) is 3.96. The van der Waals surface area contributed by atoms with Gasteiger partial charge in [0.2, 0.25) is 0 Å². The maximum atomic E-state index is 14.1. The Hall–Kier alpha value is -1.72. The Labute approximate surface area is 146 Å². The number of aldehydes is 1. The molecule has 0 spiro atoms. The smallest absolute Gasteiger partial charge is 0.333 e. The molecule has 5 nitrogen and oxygen atoms in total. The summed E-state index contributed by atoms with van der Waals surface area (Å²) in [5.41, 5.74) is 0.240. The second-order valence-electron chi connectivity index (χ2n) is 8.29. The van der Waals surface area contributed by atoms with Crippen molar-refractivity contribution in [1.29, 1.82) is 0 Å². The van der Waals surface area contributed by atoms with Crippen molar-refractivity contribution in [1.82, 2.24) is 5.32 Å². The summed E-state index contributed by atoms with van der Waals surface area (Å²) in [6.45, 7) is 4.63. The lowest BCUT2D eigenvalue weighted by molar-refractivity contribution is -0.145. The largest absolute Gasteiger partial charge is 0.452 e. The quantitative estimate of drug-likeness (QED) is 0.355. The zero-order valence-corrected chi connectivity index (χ0v) is 14.3. The fourth-order valence-electron chi connectivity index (χ4n) is 6.46. The van der Waals surface area contributed by atoms with Crippen molar-refractivity contribution < 1.29 is 23.5 Å². The molecular weight excluding hydrogens is 325 g/mol. The third-order valence-electron chi connectivity index (χ3n) is 7.12. The zero-order chi connectivity index (χ0) is 17.9. The van der Waals surface area contributed by atoms with Gasteiger partial charge in [0.25, 0.3) is 5.91 Å². The van der Waals surface area contributed by atoms with Crippen LogP contribution >= 0.6 is 0 Å². The van der Waals surface area contributed by atoms with E-state index in [1.165, 1.54) is 6.92 Å². The number of alkyl halides is 1. The van der Waals surface area contributed by atoms with Crippen LogP contribution in [0.25, 0.3) is 0 Å². The van der Waals surface area contributed by atoms with E-state index in [4.69, 9.17) is 4.74 Å². The van der Waals surface area contributed by atoms with E-state index in [2.05, 4.69) is 11.9 Å². The van der Waals surface area contributed by atoms with Gasteiger partial charge in [0.1, 0.15) is 12.5 Å². The summed E-state index contributed by atoms with van der Waals surface area (Å²) in [6, 6.07) is -0.211. The minimum Gasteiger partial charge on any atom is -0.452 e. The summed E-state index contributed by atoms with van der Waals surface area (Å²) in [6.07, 6.45) is 2.69. The first-order valence-corrected chi connectivity index (χ1v) is 9.13. The van der Waals surface area contributed by atoms with E-state index in [1.807, 2.05) is 0 Å². The van der Waals surface area contributed by atoms with Crippen molar-refractivity contribution in [2.45, 2.75) is 38.4 Å². The number of ether oxygens (including phenoxy) is 1. The molecule has 1 amide bonds. The number of rotatable bonds is 5. The molecule has 4 fully saturated rings. The summed E-state index contributed by atoms with van der Waals surface area (Å²) in [5, 5.41) is 2.92. The molecule has 4 aliphatic carbocycles. The first-order valence-electron chi connectivity index (χ1n) is 9.13. The van der Waals surface area contributed by atoms with Crippen LogP contribution in [0.4, 0.5) is 4.39 Å². The number of hydrogen-bond acceptors (Lipinski definition) is 4. The Morgan fingerprint density at radius 1 is 1.20 bits per heavy atom. The van der Waals surface area contributed by atoms with Gasteiger partial charge in [0, 0.05) is 17.5 Å². The molecule has 0 radical (unpaired) electrons. The lowest BCUT2D eigenvalue weighted by Gasteiger charge is -2.42. The highest BCUT2D eigenvalue weighted by Crippen LogP contribution is 2.68. The van der Waals surface area contributed by atoms with Crippen molar-refractivity contribution in [3.05, 3.63) is 12.2 Å². The molecule has 9 atom stereocenters. The van der Waals surface area contributed by atoms with Crippen LogP contribution in [0.1, 0.15) is 26.2 Å². The molecule has 25 heavy (non-hydrogen) atoms. The van der Waals surface area contributed by atoms with Crippen molar-refractivity contribution in [2.75, 3.05) is 6.61 Å². The predicted octanol–water partition coefficient (Wildman–Crippen LogP) is 1.67. The van der Waals surface area contributed by atoms with Crippen LogP contribution in [0.5, 0.6) is 0 Å². The van der Waals surface area contributed by atoms with E-state index >= 15 is 0 Å². The lowest BCUT2D eigenvalue weighted by Crippen LogP contribution is -2.52. The maximum absolute atomic E-state index is 14.1. The van der Waals surface area contributed by atoms with Crippen molar-refractivity contribution in [3.8, 4) is 0 Å². The van der Waals surface area contributed by atoms with Gasteiger partial charge < -0.3 is 14.8 Å². The van der Waals surface area contributed by atoms with Gasteiger partial charge in [-0.1, -0.05) is 6.58 Å². The van der Waals surface area contributed by atoms with Gasteiger partial charge in [-0.05, 0) is 61.7 Å². The topological polar surface area (TPSA) is 72.5 Å². The first-order chi connectivity index (χ1) is 11.9. The minimum absolute atomic E-state index is 0.112. The third-order valence-corrected chi connectivity index (χ3v) is 7.12. The Morgan fingerprint density at radius 3 is 2.64 bits per heavy atom. The number of fused-ring (bicyclic) bond motifs is 9. The van der Waals surface area contributed by atoms with Gasteiger partial charge in [-0.15, -0.1) is 0 Å². The molecule has 0 aromatic heterocycles. The fourth-order valence-corrected chi connectivity index (χ4v) is 6.46. The summed E-state index contributed by atoms with van der Waals surface area (Å²) in [7, 11) is 0. The molecular formula is C19H24FNO4. The zero-order valence-electron chi connectivity index (χ0n) is 14.3. The monoisotopic (exact) mass is 349 g/mol. The van der Waals surface area contributed by atoms with E-state index in [1.54, 1.807) is 0 Å². The van der Waals surface area contributed by atoms with E-state index in [0.717, 1.165) is 19.1 Å². The van der Waals surface area contributed by atoms with Gasteiger partial charge >= 0.3 is 5.97 Å². The van der Waals surface area contributed by atoms with Crippen LogP contribution < -0.4 is 5.32 Å². The molecule has 1 N–H and O–H groups in total. The second-order valence-corrected chi connectivity index (χ2v) is 8.29. The van der Waals surface area contributed by atoms with Gasteiger partial charge in [-0.3, -0.25) is 4.79 Å². The third kappa shape index (κ3) is 2.44.